The van der Waals surface area contributed by atoms with Gasteiger partial charge in [0.2, 0.25) is 5.78 Å². The molecule has 0 atom stereocenters. The fourth-order valence-corrected chi connectivity index (χ4v) is 2.70. The second-order valence-electron chi connectivity index (χ2n) is 5.46. The molecule has 144 valence electrons. The minimum absolute atomic E-state index is 0.0646. The lowest BCUT2D eigenvalue weighted by Gasteiger charge is -2.11. The van der Waals surface area contributed by atoms with E-state index in [0.717, 1.165) is 19.2 Å². The van der Waals surface area contributed by atoms with Gasteiger partial charge < -0.3 is 15.0 Å². The summed E-state index contributed by atoms with van der Waals surface area (Å²) in [7, 11) is 4.32. The Balaban J connectivity index is 2.61. The van der Waals surface area contributed by atoms with Crippen LogP contribution in [-0.4, -0.2) is 43.8 Å². The molecule has 0 aliphatic heterocycles. The molecule has 3 N–H and O–H groups in total. The third-order valence-electron chi connectivity index (χ3n) is 4.01. The Labute approximate surface area is 154 Å². The number of halogens is 2. The quantitative estimate of drug-likeness (QED) is 0.529. The van der Waals surface area contributed by atoms with Gasteiger partial charge in [0, 0.05) is 31.6 Å². The van der Waals surface area contributed by atoms with E-state index in [-0.39, 0.29) is 11.3 Å². The van der Waals surface area contributed by atoms with E-state index in [2.05, 4.69) is 25.3 Å². The number of H-pyrrole nitrogens is 1. The number of amides is 1. The van der Waals surface area contributed by atoms with Crippen molar-refractivity contribution in [3.63, 3.8) is 0 Å². The number of aliphatic imine (C=N–C) groups is 1. The Kier molecular flexibility index (Phi) is 6.27. The van der Waals surface area contributed by atoms with Gasteiger partial charge in [0.1, 0.15) is 11.6 Å². The minimum atomic E-state index is -1.19. The van der Waals surface area contributed by atoms with Crippen molar-refractivity contribution >= 4 is 29.1 Å². The third-order valence-corrected chi connectivity index (χ3v) is 4.01. The molecule has 7 nitrogen and oxygen atoms in total. The fraction of sp³-hybridized carbons (Fsp3) is 0.278. The topological polar surface area (TPSA) is 95.6 Å². The summed E-state index contributed by atoms with van der Waals surface area (Å²) >= 11 is 0. The maximum absolute atomic E-state index is 14.8. The molecule has 1 heterocycles. The summed E-state index contributed by atoms with van der Waals surface area (Å²) < 4.78 is 33.5. The van der Waals surface area contributed by atoms with Crippen LogP contribution >= 0.6 is 0 Å². The molecule has 1 amide bonds. The van der Waals surface area contributed by atoms with Crippen LogP contribution in [0, 0.1) is 11.6 Å². The van der Waals surface area contributed by atoms with Crippen molar-refractivity contribution in [2.75, 3.05) is 31.8 Å². The fourth-order valence-electron chi connectivity index (χ4n) is 2.70. The number of nitrogens with zero attached hydrogens (tertiary/aromatic N) is 1. The van der Waals surface area contributed by atoms with Gasteiger partial charge in [0.25, 0.3) is 0 Å². The highest BCUT2D eigenvalue weighted by molar-refractivity contribution is 6.19. The number of ether oxygens (including phenoxy) is 1. The van der Waals surface area contributed by atoms with Crippen LogP contribution in [0.3, 0.4) is 0 Å². The summed E-state index contributed by atoms with van der Waals surface area (Å²) in [6, 6.07) is 1.92. The lowest BCUT2D eigenvalue weighted by atomic mass is 9.97. The zero-order chi connectivity index (χ0) is 20.1. The number of rotatable bonds is 6. The van der Waals surface area contributed by atoms with E-state index in [1.54, 1.807) is 14.1 Å². The second-order valence-corrected chi connectivity index (χ2v) is 5.46. The van der Waals surface area contributed by atoms with E-state index in [0.29, 0.717) is 23.5 Å². The summed E-state index contributed by atoms with van der Waals surface area (Å²) in [6.45, 7) is 1.85. The van der Waals surface area contributed by atoms with Crippen LogP contribution in [0.25, 0.3) is 0 Å². The molecule has 0 unspecified atom stereocenters. The number of hydrogen-bond acceptors (Lipinski definition) is 5. The summed E-state index contributed by atoms with van der Waals surface area (Å²) in [4.78, 5) is 31.3. The van der Waals surface area contributed by atoms with Gasteiger partial charge in [0.15, 0.2) is 5.82 Å². The number of carbonyl (C=O) groups excluding carboxylic acids is 2. The van der Waals surface area contributed by atoms with Crippen molar-refractivity contribution in [2.45, 2.75) is 13.3 Å². The average Bonchev–Trinajstić information content (AvgIpc) is 3.09. The molecule has 0 aliphatic rings. The van der Waals surface area contributed by atoms with Crippen molar-refractivity contribution in [3.05, 3.63) is 46.7 Å². The summed E-state index contributed by atoms with van der Waals surface area (Å²) in [5, 5.41) is 5.01. The molecule has 2 aromatic rings. The van der Waals surface area contributed by atoms with Gasteiger partial charge in [-0.2, -0.15) is 0 Å². The van der Waals surface area contributed by atoms with Crippen LogP contribution in [0.5, 0.6) is 0 Å². The molecule has 0 saturated heterocycles. The van der Waals surface area contributed by atoms with Crippen molar-refractivity contribution < 1.29 is 23.1 Å². The van der Waals surface area contributed by atoms with Crippen LogP contribution in [0.2, 0.25) is 0 Å². The molecule has 27 heavy (non-hydrogen) atoms. The molecule has 9 heteroatoms. The van der Waals surface area contributed by atoms with Gasteiger partial charge in [0.05, 0.1) is 23.9 Å². The first-order valence-corrected chi connectivity index (χ1v) is 8.12. The number of aromatic amines is 1. The van der Waals surface area contributed by atoms with E-state index < -0.39 is 29.1 Å². The van der Waals surface area contributed by atoms with Crippen LogP contribution in [0.4, 0.5) is 25.1 Å². The van der Waals surface area contributed by atoms with Gasteiger partial charge in [-0.1, -0.05) is 6.92 Å². The smallest absolute Gasteiger partial charge is 0.411 e. The molecule has 1 aromatic carbocycles. The van der Waals surface area contributed by atoms with Crippen molar-refractivity contribution in [2.24, 2.45) is 4.99 Å². The first kappa shape index (κ1) is 20.1. The predicted octanol–water partition coefficient (Wildman–Crippen LogP) is 3.57. The van der Waals surface area contributed by atoms with Crippen LogP contribution in [0.15, 0.2) is 23.3 Å². The maximum atomic E-state index is 14.8. The Bertz CT molecular complexity index is 906. The van der Waals surface area contributed by atoms with Crippen LogP contribution < -0.4 is 10.6 Å². The molecule has 0 fully saturated rings. The third kappa shape index (κ3) is 3.81. The highest BCUT2D eigenvalue weighted by atomic mass is 19.1. The van der Waals surface area contributed by atoms with E-state index >= 15 is 0 Å². The standard InChI is InChI=1S/C18H20F2N4O3/c1-5-11(21-2)13-9(8-23-17(13)22-3)16(25)14-10(19)6-7-12(15(14)20)24-18(26)27-4/h6-8,22-23H,5H2,1-4H3,(H,24,26). The number of nitrogens with one attached hydrogen (secondary N) is 3. The highest BCUT2D eigenvalue weighted by Gasteiger charge is 2.27. The second kappa shape index (κ2) is 8.43. The van der Waals surface area contributed by atoms with E-state index in [9.17, 15) is 18.4 Å². The van der Waals surface area contributed by atoms with Crippen molar-refractivity contribution in [3.8, 4) is 0 Å². The highest BCUT2D eigenvalue weighted by Crippen LogP contribution is 2.28. The normalized spacial score (nSPS) is 11.3. The van der Waals surface area contributed by atoms with Crippen LogP contribution in [-0.2, 0) is 4.74 Å². The number of ketones is 1. The molecule has 0 aliphatic carbocycles. The average molecular weight is 378 g/mol. The number of carbonyl (C=O) groups is 2. The number of methoxy groups -OCH3 is 1. The van der Waals surface area contributed by atoms with Crippen LogP contribution in [0.1, 0.15) is 34.8 Å². The zero-order valence-corrected chi connectivity index (χ0v) is 15.4. The Morgan fingerprint density at radius 3 is 2.52 bits per heavy atom. The van der Waals surface area contributed by atoms with E-state index in [1.165, 1.54) is 6.20 Å². The molecule has 0 spiro atoms. The number of hydrogen-bond donors (Lipinski definition) is 3. The maximum Gasteiger partial charge on any atom is 0.411 e. The molecule has 0 radical (unpaired) electrons. The van der Waals surface area contributed by atoms with Gasteiger partial charge in [-0.3, -0.25) is 15.1 Å². The molecular weight excluding hydrogens is 358 g/mol. The van der Waals surface area contributed by atoms with E-state index in [1.807, 2.05) is 6.92 Å². The number of aromatic nitrogens is 1. The molecular formula is C18H20F2N4O3. The first-order chi connectivity index (χ1) is 12.9. The predicted molar refractivity (Wildman–Crippen MR) is 98.9 cm³/mol. The Hall–Kier alpha value is -3.23. The number of benzene rings is 1. The number of anilines is 2. The van der Waals surface area contributed by atoms with Gasteiger partial charge in [-0.25, -0.2) is 13.6 Å². The molecule has 1 aromatic heterocycles. The first-order valence-electron chi connectivity index (χ1n) is 8.12. The van der Waals surface area contributed by atoms with Crippen molar-refractivity contribution in [1.29, 1.82) is 0 Å². The monoisotopic (exact) mass is 378 g/mol. The summed E-state index contributed by atoms with van der Waals surface area (Å²) in [6.07, 6.45) is 0.937. The minimum Gasteiger partial charge on any atom is -0.453 e. The molecule has 2 rings (SSSR count). The Morgan fingerprint density at radius 1 is 1.26 bits per heavy atom. The Morgan fingerprint density at radius 2 is 1.96 bits per heavy atom. The zero-order valence-electron chi connectivity index (χ0n) is 15.4. The summed E-state index contributed by atoms with van der Waals surface area (Å²) in [5.74, 6) is -2.60. The van der Waals surface area contributed by atoms with E-state index in [4.69, 9.17) is 0 Å². The lowest BCUT2D eigenvalue weighted by Crippen LogP contribution is -2.16. The van der Waals surface area contributed by atoms with Gasteiger partial charge in [-0.15, -0.1) is 0 Å². The molecule has 0 saturated carbocycles. The van der Waals surface area contributed by atoms with Crippen molar-refractivity contribution in [1.82, 2.24) is 4.98 Å². The van der Waals surface area contributed by atoms with Gasteiger partial charge in [-0.05, 0) is 18.6 Å². The summed E-state index contributed by atoms with van der Waals surface area (Å²) in [5.41, 5.74) is -0.0446. The van der Waals surface area contributed by atoms with Gasteiger partial charge >= 0.3 is 6.09 Å². The largest absolute Gasteiger partial charge is 0.453 e. The lowest BCUT2D eigenvalue weighted by molar-refractivity contribution is 0.103. The SMILES string of the molecule is CCC(=NC)c1c(C(=O)c2c(F)ccc(NC(=O)OC)c2F)c[nH]c1NC. The molecule has 0 bridgehead atoms.